The predicted molar refractivity (Wildman–Crippen MR) is 46.6 cm³/mol. The molecule has 0 unspecified atom stereocenters. The van der Waals surface area contributed by atoms with E-state index in [1.54, 1.807) is 24.5 Å². The van der Waals surface area contributed by atoms with Crippen molar-refractivity contribution in [1.29, 1.82) is 0 Å². The highest BCUT2D eigenvalue weighted by Gasteiger charge is 2.23. The minimum atomic E-state index is -0.593. The van der Waals surface area contributed by atoms with Crippen LogP contribution in [0.4, 0.5) is 0 Å². The van der Waals surface area contributed by atoms with Gasteiger partial charge in [0.15, 0.2) is 11.5 Å². The minimum absolute atomic E-state index is 0.102. The molecule has 0 fully saturated rings. The quantitative estimate of drug-likeness (QED) is 0.514. The van der Waals surface area contributed by atoms with Crippen LogP contribution in [0.5, 0.6) is 11.5 Å². The van der Waals surface area contributed by atoms with Crippen molar-refractivity contribution in [2.45, 2.75) is 6.92 Å². The van der Waals surface area contributed by atoms with Crippen LogP contribution in [0.3, 0.4) is 0 Å². The lowest BCUT2D eigenvalue weighted by Gasteiger charge is -2.06. The van der Waals surface area contributed by atoms with Crippen molar-refractivity contribution in [2.24, 2.45) is 0 Å². The largest absolute Gasteiger partial charge is 0.454 e. The molecule has 1 heterocycles. The maximum Gasteiger partial charge on any atom is 0.278 e. The molecule has 2 rings (SSSR count). The van der Waals surface area contributed by atoms with Gasteiger partial charge in [0.25, 0.3) is 5.91 Å². The van der Waals surface area contributed by atoms with E-state index in [9.17, 15) is 4.79 Å². The average Bonchev–Trinajstić information content (AvgIpc) is 2.64. The van der Waals surface area contributed by atoms with E-state index in [1.807, 2.05) is 0 Å². The van der Waals surface area contributed by atoms with Gasteiger partial charge < -0.3 is 9.47 Å². The highest BCUT2D eigenvalue weighted by molar-refractivity contribution is 5.98. The fourth-order valence-corrected chi connectivity index (χ4v) is 1.41. The van der Waals surface area contributed by atoms with Crippen LogP contribution >= 0.6 is 0 Å². The Hall–Kier alpha value is -1.75. The molecule has 14 heavy (non-hydrogen) atoms. The number of carbonyl (C=O) groups is 1. The van der Waals surface area contributed by atoms with Crippen molar-refractivity contribution >= 4 is 5.91 Å². The van der Waals surface area contributed by atoms with Crippen molar-refractivity contribution in [3.05, 3.63) is 23.3 Å². The first-order chi connectivity index (χ1) is 6.74. The lowest BCUT2D eigenvalue weighted by atomic mass is 10.1. The summed E-state index contributed by atoms with van der Waals surface area (Å²) in [5.41, 5.74) is 2.61. The second kappa shape index (κ2) is 3.19. The van der Waals surface area contributed by atoms with Crippen LogP contribution in [0.25, 0.3) is 0 Å². The number of carbonyl (C=O) groups excluding carboxylic acids is 1. The highest BCUT2D eigenvalue weighted by Crippen LogP contribution is 2.37. The second-order valence-electron chi connectivity index (χ2n) is 2.93. The molecule has 5 nitrogen and oxygen atoms in total. The van der Waals surface area contributed by atoms with Gasteiger partial charge in [0.1, 0.15) is 0 Å². The summed E-state index contributed by atoms with van der Waals surface area (Å²) in [5.74, 6) is 0.315. The summed E-state index contributed by atoms with van der Waals surface area (Å²) in [6.45, 7) is 1.86. The molecule has 1 aromatic rings. The molecule has 0 bridgehead atoms. The van der Waals surface area contributed by atoms with E-state index in [4.69, 9.17) is 14.7 Å². The molecule has 5 heteroatoms. The zero-order valence-corrected chi connectivity index (χ0v) is 7.53. The predicted octanol–water partition coefficient (Wildman–Crippen LogP) is 0.843. The van der Waals surface area contributed by atoms with E-state index in [2.05, 4.69) is 0 Å². The van der Waals surface area contributed by atoms with Gasteiger partial charge in [-0.1, -0.05) is 6.07 Å². The summed E-state index contributed by atoms with van der Waals surface area (Å²) in [4.78, 5) is 11.3. The zero-order chi connectivity index (χ0) is 10.1. The molecule has 2 N–H and O–H groups in total. The van der Waals surface area contributed by atoms with Crippen LogP contribution in [0.1, 0.15) is 15.9 Å². The van der Waals surface area contributed by atoms with E-state index >= 15 is 0 Å². The third-order valence-electron chi connectivity index (χ3n) is 2.08. The first kappa shape index (κ1) is 8.83. The number of rotatable bonds is 1. The smallest absolute Gasteiger partial charge is 0.278 e. The number of fused-ring (bicyclic) bond motifs is 1. The maximum absolute atomic E-state index is 11.3. The van der Waals surface area contributed by atoms with Gasteiger partial charge in [-0.25, -0.2) is 5.48 Å². The molecule has 0 radical (unpaired) electrons. The molecule has 0 spiro atoms. The van der Waals surface area contributed by atoms with Gasteiger partial charge in [-0.15, -0.1) is 0 Å². The Kier molecular flexibility index (Phi) is 2.01. The summed E-state index contributed by atoms with van der Waals surface area (Å²) in [6.07, 6.45) is 0. The highest BCUT2D eigenvalue weighted by atomic mass is 16.7. The van der Waals surface area contributed by atoms with Gasteiger partial charge in [-0.05, 0) is 18.6 Å². The molecule has 74 valence electrons. The van der Waals surface area contributed by atoms with Crippen LogP contribution in [-0.2, 0) is 0 Å². The van der Waals surface area contributed by atoms with E-state index in [-0.39, 0.29) is 6.79 Å². The molecule has 1 amide bonds. The summed E-state index contributed by atoms with van der Waals surface area (Å²) >= 11 is 0. The van der Waals surface area contributed by atoms with E-state index < -0.39 is 5.91 Å². The molecular weight excluding hydrogens is 186 g/mol. The summed E-state index contributed by atoms with van der Waals surface area (Å²) < 4.78 is 10.2. The molecule has 0 atom stereocenters. The van der Waals surface area contributed by atoms with Crippen molar-refractivity contribution in [3.8, 4) is 11.5 Å². The van der Waals surface area contributed by atoms with Crippen LogP contribution in [-0.4, -0.2) is 17.9 Å². The van der Waals surface area contributed by atoms with Crippen molar-refractivity contribution in [3.63, 3.8) is 0 Å². The van der Waals surface area contributed by atoms with Gasteiger partial charge in [-0.3, -0.25) is 10.0 Å². The second-order valence-corrected chi connectivity index (χ2v) is 2.93. The molecule has 0 aromatic heterocycles. The number of amides is 1. The topological polar surface area (TPSA) is 67.8 Å². The van der Waals surface area contributed by atoms with Crippen molar-refractivity contribution in [1.82, 2.24) is 5.48 Å². The third-order valence-corrected chi connectivity index (χ3v) is 2.08. The molecule has 0 saturated heterocycles. The number of ether oxygens (including phenoxy) is 2. The number of hydrogen-bond acceptors (Lipinski definition) is 4. The Balaban J connectivity index is 2.57. The standard InChI is InChI=1S/C9H9NO4/c1-5-2-3-6-8(14-4-13-6)7(5)9(11)10-12/h2-3,12H,4H2,1H3,(H,10,11). The first-order valence-corrected chi connectivity index (χ1v) is 4.07. The van der Waals surface area contributed by atoms with Crippen molar-refractivity contribution in [2.75, 3.05) is 6.79 Å². The monoisotopic (exact) mass is 195 g/mol. The third kappa shape index (κ3) is 1.18. The van der Waals surface area contributed by atoms with Crippen LogP contribution in [0.2, 0.25) is 0 Å². The van der Waals surface area contributed by atoms with E-state index in [1.165, 1.54) is 0 Å². The Morgan fingerprint density at radius 2 is 2.29 bits per heavy atom. The number of hydrogen-bond donors (Lipinski definition) is 2. The average molecular weight is 195 g/mol. The Morgan fingerprint density at radius 3 is 3.00 bits per heavy atom. The lowest BCUT2D eigenvalue weighted by molar-refractivity contribution is 0.0701. The minimum Gasteiger partial charge on any atom is -0.454 e. The fraction of sp³-hybridized carbons (Fsp3) is 0.222. The Bertz CT molecular complexity index is 389. The van der Waals surface area contributed by atoms with E-state index in [0.29, 0.717) is 17.1 Å². The number of aryl methyl sites for hydroxylation is 1. The number of nitrogens with one attached hydrogen (secondary N) is 1. The van der Waals surface area contributed by atoms with E-state index in [0.717, 1.165) is 5.56 Å². The maximum atomic E-state index is 11.3. The van der Waals surface area contributed by atoms with Gasteiger partial charge in [0.2, 0.25) is 6.79 Å². The number of benzene rings is 1. The molecule has 1 aromatic carbocycles. The molecule has 1 aliphatic heterocycles. The summed E-state index contributed by atoms with van der Waals surface area (Å²) in [6, 6.07) is 3.46. The zero-order valence-electron chi connectivity index (χ0n) is 7.53. The summed E-state index contributed by atoms with van der Waals surface area (Å²) in [5, 5.41) is 8.55. The summed E-state index contributed by atoms with van der Waals surface area (Å²) in [7, 11) is 0. The Morgan fingerprint density at radius 1 is 1.50 bits per heavy atom. The number of hydroxylamine groups is 1. The fourth-order valence-electron chi connectivity index (χ4n) is 1.41. The molecule has 1 aliphatic rings. The van der Waals surface area contributed by atoms with Gasteiger partial charge in [0, 0.05) is 0 Å². The molecule has 0 aliphatic carbocycles. The SMILES string of the molecule is Cc1ccc2c(c1C(=O)NO)OCO2. The van der Waals surface area contributed by atoms with Crippen LogP contribution in [0.15, 0.2) is 12.1 Å². The lowest BCUT2D eigenvalue weighted by Crippen LogP contribution is -2.20. The van der Waals surface area contributed by atoms with Gasteiger partial charge in [-0.2, -0.15) is 0 Å². The molecule has 0 saturated carbocycles. The molecular formula is C9H9NO4. The van der Waals surface area contributed by atoms with Gasteiger partial charge in [0.05, 0.1) is 5.56 Å². The Labute approximate surface area is 80.2 Å². The first-order valence-electron chi connectivity index (χ1n) is 4.07. The van der Waals surface area contributed by atoms with Crippen molar-refractivity contribution < 1.29 is 19.5 Å². The van der Waals surface area contributed by atoms with Crippen LogP contribution < -0.4 is 15.0 Å². The van der Waals surface area contributed by atoms with Crippen LogP contribution in [0, 0.1) is 6.92 Å². The van der Waals surface area contributed by atoms with Gasteiger partial charge >= 0.3 is 0 Å². The normalized spacial score (nSPS) is 12.7.